The number of thiazole rings is 1. The monoisotopic (exact) mass is 300 g/mol. The van der Waals surface area contributed by atoms with E-state index in [0.29, 0.717) is 16.6 Å². The summed E-state index contributed by atoms with van der Waals surface area (Å²) in [5.74, 6) is 0.479. The van der Waals surface area contributed by atoms with Crippen molar-refractivity contribution in [3.8, 4) is 5.88 Å². The Morgan fingerprint density at radius 1 is 1.44 bits per heavy atom. The Balaban J connectivity index is 2.29. The van der Waals surface area contributed by atoms with E-state index in [0.717, 1.165) is 4.60 Å². The number of aromatic nitrogens is 2. The van der Waals surface area contributed by atoms with E-state index >= 15 is 0 Å². The van der Waals surface area contributed by atoms with E-state index in [4.69, 9.17) is 4.74 Å². The number of pyridine rings is 1. The molecule has 2 rings (SSSR count). The van der Waals surface area contributed by atoms with Crippen molar-refractivity contribution in [2.75, 3.05) is 7.11 Å². The zero-order valence-electron chi connectivity index (χ0n) is 8.42. The summed E-state index contributed by atoms with van der Waals surface area (Å²) >= 11 is 4.62. The lowest BCUT2D eigenvalue weighted by molar-refractivity contribution is 0.213. The molecule has 0 aliphatic carbocycles. The normalized spacial score (nSPS) is 12.4. The highest BCUT2D eigenvalue weighted by atomic mass is 79.9. The zero-order chi connectivity index (χ0) is 11.5. The molecular formula is C10H9BrN2O2S. The predicted octanol–water partition coefficient (Wildman–Crippen LogP) is 2.39. The van der Waals surface area contributed by atoms with Crippen LogP contribution in [0.5, 0.6) is 5.88 Å². The van der Waals surface area contributed by atoms with Crippen LogP contribution in [0.15, 0.2) is 28.2 Å². The van der Waals surface area contributed by atoms with Gasteiger partial charge < -0.3 is 9.84 Å². The highest BCUT2D eigenvalue weighted by molar-refractivity contribution is 9.10. The highest BCUT2D eigenvalue weighted by Gasteiger charge is 2.16. The third-order valence-electron chi connectivity index (χ3n) is 1.96. The Morgan fingerprint density at radius 2 is 2.25 bits per heavy atom. The zero-order valence-corrected chi connectivity index (χ0v) is 10.8. The lowest BCUT2D eigenvalue weighted by Crippen LogP contribution is -2.02. The van der Waals surface area contributed by atoms with Gasteiger partial charge in [-0.25, -0.2) is 9.97 Å². The van der Waals surface area contributed by atoms with E-state index < -0.39 is 6.10 Å². The molecule has 2 heterocycles. The van der Waals surface area contributed by atoms with Gasteiger partial charge in [0.05, 0.1) is 12.8 Å². The second kappa shape index (κ2) is 4.90. The molecule has 1 unspecified atom stereocenters. The highest BCUT2D eigenvalue weighted by Crippen LogP contribution is 2.26. The molecule has 1 N–H and O–H groups in total. The number of nitrogens with zero attached hydrogens (tertiary/aromatic N) is 2. The fourth-order valence-corrected chi connectivity index (χ4v) is 2.48. The summed E-state index contributed by atoms with van der Waals surface area (Å²) in [6.45, 7) is 0. The van der Waals surface area contributed by atoms with Crippen molar-refractivity contribution < 1.29 is 9.84 Å². The van der Waals surface area contributed by atoms with Gasteiger partial charge >= 0.3 is 0 Å². The van der Waals surface area contributed by atoms with Gasteiger partial charge in [-0.05, 0) is 22.0 Å². The summed E-state index contributed by atoms with van der Waals surface area (Å²) in [6.07, 6.45) is -0.814. The summed E-state index contributed by atoms with van der Waals surface area (Å²) in [7, 11) is 1.54. The Labute approximate surface area is 105 Å². The first-order valence-electron chi connectivity index (χ1n) is 4.50. The Morgan fingerprint density at radius 3 is 2.88 bits per heavy atom. The molecule has 2 aromatic heterocycles. The number of rotatable bonds is 3. The van der Waals surface area contributed by atoms with E-state index in [1.54, 1.807) is 25.3 Å². The Hall–Kier alpha value is -0.980. The first kappa shape index (κ1) is 11.5. The number of hydrogen-bond donors (Lipinski definition) is 1. The van der Waals surface area contributed by atoms with Crippen LogP contribution in [0.25, 0.3) is 0 Å². The van der Waals surface area contributed by atoms with Crippen molar-refractivity contribution >= 4 is 27.3 Å². The smallest absolute Gasteiger partial charge is 0.213 e. The lowest BCUT2D eigenvalue weighted by Gasteiger charge is -2.07. The van der Waals surface area contributed by atoms with E-state index in [1.807, 2.05) is 5.38 Å². The molecule has 1 atom stereocenters. The second-order valence-corrected chi connectivity index (χ2v) is 4.72. The van der Waals surface area contributed by atoms with Crippen LogP contribution in [0, 0.1) is 0 Å². The molecule has 84 valence electrons. The van der Waals surface area contributed by atoms with Crippen LogP contribution in [-0.4, -0.2) is 22.2 Å². The summed E-state index contributed by atoms with van der Waals surface area (Å²) in [6, 6.07) is 5.25. The van der Waals surface area contributed by atoms with Gasteiger partial charge in [0.15, 0.2) is 0 Å². The SMILES string of the molecule is COc1cccc(C(O)c2nc(Br)cs2)n1. The van der Waals surface area contributed by atoms with Gasteiger partial charge in [0.1, 0.15) is 15.7 Å². The van der Waals surface area contributed by atoms with E-state index in [-0.39, 0.29) is 0 Å². The number of aliphatic hydroxyl groups is 1. The molecule has 0 spiro atoms. The molecule has 16 heavy (non-hydrogen) atoms. The minimum absolute atomic E-state index is 0.479. The second-order valence-electron chi connectivity index (χ2n) is 3.02. The van der Waals surface area contributed by atoms with Gasteiger partial charge in [-0.1, -0.05) is 6.07 Å². The molecule has 0 saturated carbocycles. The van der Waals surface area contributed by atoms with Gasteiger partial charge in [0.2, 0.25) is 5.88 Å². The fourth-order valence-electron chi connectivity index (χ4n) is 1.22. The lowest BCUT2D eigenvalue weighted by atomic mass is 10.2. The van der Waals surface area contributed by atoms with Crippen LogP contribution in [0.3, 0.4) is 0 Å². The number of halogens is 1. The average Bonchev–Trinajstić information content (AvgIpc) is 2.75. The first-order chi connectivity index (χ1) is 7.70. The van der Waals surface area contributed by atoms with Crippen molar-refractivity contribution in [2.45, 2.75) is 6.10 Å². The van der Waals surface area contributed by atoms with Crippen molar-refractivity contribution in [3.63, 3.8) is 0 Å². The number of methoxy groups -OCH3 is 1. The van der Waals surface area contributed by atoms with Crippen LogP contribution in [-0.2, 0) is 0 Å². The van der Waals surface area contributed by atoms with Crippen molar-refractivity contribution in [2.24, 2.45) is 0 Å². The molecule has 2 aromatic rings. The molecule has 0 aliphatic rings. The fraction of sp³-hybridized carbons (Fsp3) is 0.200. The van der Waals surface area contributed by atoms with Gasteiger partial charge in [-0.3, -0.25) is 0 Å². The molecule has 0 bridgehead atoms. The average molecular weight is 301 g/mol. The third kappa shape index (κ3) is 2.40. The van der Waals surface area contributed by atoms with Crippen LogP contribution in [0.2, 0.25) is 0 Å². The van der Waals surface area contributed by atoms with Crippen LogP contribution in [0.1, 0.15) is 16.8 Å². The van der Waals surface area contributed by atoms with Gasteiger partial charge in [0, 0.05) is 11.4 Å². The Bertz CT molecular complexity index is 489. The number of hydrogen-bond acceptors (Lipinski definition) is 5. The summed E-state index contributed by atoms with van der Waals surface area (Å²) in [5.41, 5.74) is 0.529. The van der Waals surface area contributed by atoms with Crippen molar-refractivity contribution in [1.82, 2.24) is 9.97 Å². The van der Waals surface area contributed by atoms with Crippen LogP contribution in [0.4, 0.5) is 0 Å². The molecule has 0 amide bonds. The number of ether oxygens (including phenoxy) is 1. The van der Waals surface area contributed by atoms with Crippen LogP contribution < -0.4 is 4.74 Å². The molecular weight excluding hydrogens is 292 g/mol. The third-order valence-corrected chi connectivity index (χ3v) is 3.57. The Kier molecular flexibility index (Phi) is 3.52. The molecule has 0 aliphatic heterocycles. The minimum atomic E-state index is -0.814. The molecule has 0 saturated heterocycles. The van der Waals surface area contributed by atoms with Crippen molar-refractivity contribution in [1.29, 1.82) is 0 Å². The van der Waals surface area contributed by atoms with Gasteiger partial charge in [-0.2, -0.15) is 0 Å². The summed E-state index contributed by atoms with van der Waals surface area (Å²) < 4.78 is 5.71. The summed E-state index contributed by atoms with van der Waals surface area (Å²) in [4.78, 5) is 8.30. The van der Waals surface area contributed by atoms with Gasteiger partial charge in [0.25, 0.3) is 0 Å². The topological polar surface area (TPSA) is 55.2 Å². The minimum Gasteiger partial charge on any atom is -0.481 e. The maximum atomic E-state index is 10.0. The maximum Gasteiger partial charge on any atom is 0.213 e. The van der Waals surface area contributed by atoms with Crippen molar-refractivity contribution in [3.05, 3.63) is 38.9 Å². The van der Waals surface area contributed by atoms with E-state index in [2.05, 4.69) is 25.9 Å². The molecule has 6 heteroatoms. The maximum absolute atomic E-state index is 10.0. The predicted molar refractivity (Wildman–Crippen MR) is 64.7 cm³/mol. The largest absolute Gasteiger partial charge is 0.481 e. The number of aliphatic hydroxyl groups excluding tert-OH is 1. The molecule has 4 nitrogen and oxygen atoms in total. The molecule has 0 aromatic carbocycles. The molecule has 0 radical (unpaired) electrons. The first-order valence-corrected chi connectivity index (χ1v) is 6.18. The van der Waals surface area contributed by atoms with Gasteiger partial charge in [-0.15, -0.1) is 11.3 Å². The van der Waals surface area contributed by atoms with E-state index in [1.165, 1.54) is 11.3 Å². The summed E-state index contributed by atoms with van der Waals surface area (Å²) in [5, 5.41) is 12.5. The quantitative estimate of drug-likeness (QED) is 0.946. The van der Waals surface area contributed by atoms with Crippen LogP contribution >= 0.6 is 27.3 Å². The standard InChI is InChI=1S/C10H9BrN2O2S/c1-15-8-4-2-3-6(12-8)9(14)10-13-7(11)5-16-10/h2-5,9,14H,1H3. The van der Waals surface area contributed by atoms with E-state index in [9.17, 15) is 5.11 Å². The molecule has 0 fully saturated rings.